The standard InChI is InChI=1S/C18H17NO2/c20-17-15-8-4-5-9-16(15)18(21-17)10-11-19(13-18)12-14-6-2-1-3-7-14/h1-9H,10-13H2. The summed E-state index contributed by atoms with van der Waals surface area (Å²) in [5.74, 6) is -0.174. The third kappa shape index (κ3) is 2.05. The van der Waals surface area contributed by atoms with E-state index in [4.69, 9.17) is 4.74 Å². The van der Waals surface area contributed by atoms with Crippen molar-refractivity contribution in [3.8, 4) is 0 Å². The predicted molar refractivity (Wildman–Crippen MR) is 79.9 cm³/mol. The van der Waals surface area contributed by atoms with E-state index >= 15 is 0 Å². The Balaban J connectivity index is 1.58. The van der Waals surface area contributed by atoms with Crippen molar-refractivity contribution < 1.29 is 9.53 Å². The highest BCUT2D eigenvalue weighted by atomic mass is 16.6. The third-order valence-corrected chi connectivity index (χ3v) is 4.49. The van der Waals surface area contributed by atoms with E-state index in [1.807, 2.05) is 30.3 Å². The Labute approximate surface area is 124 Å². The summed E-state index contributed by atoms with van der Waals surface area (Å²) in [5, 5.41) is 0. The first kappa shape index (κ1) is 12.6. The lowest BCUT2D eigenvalue weighted by atomic mass is 9.91. The number of carbonyl (C=O) groups is 1. The van der Waals surface area contributed by atoms with Gasteiger partial charge >= 0.3 is 5.97 Å². The summed E-state index contributed by atoms with van der Waals surface area (Å²) in [6.07, 6.45) is 0.878. The van der Waals surface area contributed by atoms with Gasteiger partial charge in [-0.3, -0.25) is 4.90 Å². The fourth-order valence-electron chi connectivity index (χ4n) is 3.48. The summed E-state index contributed by atoms with van der Waals surface area (Å²) in [6.45, 7) is 2.64. The molecular formula is C18H17NO2. The van der Waals surface area contributed by atoms with E-state index < -0.39 is 5.60 Å². The van der Waals surface area contributed by atoms with Crippen LogP contribution in [0.5, 0.6) is 0 Å². The number of carbonyl (C=O) groups excluding carboxylic acids is 1. The molecule has 1 atom stereocenters. The fraction of sp³-hybridized carbons (Fsp3) is 0.278. The van der Waals surface area contributed by atoms with Crippen LogP contribution in [0.1, 0.15) is 27.9 Å². The molecule has 1 saturated heterocycles. The normalized spacial score (nSPS) is 24.3. The summed E-state index contributed by atoms with van der Waals surface area (Å²) < 4.78 is 5.77. The van der Waals surface area contributed by atoms with Crippen LogP contribution < -0.4 is 0 Å². The van der Waals surface area contributed by atoms with Gasteiger partial charge in [-0.25, -0.2) is 4.79 Å². The number of esters is 1. The molecule has 0 amide bonds. The molecule has 0 aromatic heterocycles. The highest BCUT2D eigenvalue weighted by molar-refractivity contribution is 5.94. The van der Waals surface area contributed by atoms with E-state index in [0.29, 0.717) is 0 Å². The Bertz CT molecular complexity index is 683. The van der Waals surface area contributed by atoms with Gasteiger partial charge in [0.05, 0.1) is 5.56 Å². The van der Waals surface area contributed by atoms with Crippen molar-refractivity contribution in [2.24, 2.45) is 0 Å². The number of fused-ring (bicyclic) bond motifs is 2. The van der Waals surface area contributed by atoms with Gasteiger partial charge in [-0.15, -0.1) is 0 Å². The monoisotopic (exact) mass is 279 g/mol. The lowest BCUT2D eigenvalue weighted by molar-refractivity contribution is -0.00356. The molecule has 1 unspecified atom stereocenters. The molecule has 0 N–H and O–H groups in total. The molecule has 2 aromatic carbocycles. The lowest BCUT2D eigenvalue weighted by Gasteiger charge is -2.24. The highest BCUT2D eigenvalue weighted by Gasteiger charge is 2.49. The van der Waals surface area contributed by atoms with Gasteiger partial charge in [0.15, 0.2) is 5.60 Å². The maximum absolute atomic E-state index is 12.1. The van der Waals surface area contributed by atoms with Crippen LogP contribution in [0.2, 0.25) is 0 Å². The molecule has 0 saturated carbocycles. The maximum Gasteiger partial charge on any atom is 0.339 e. The Morgan fingerprint density at radius 1 is 1.05 bits per heavy atom. The van der Waals surface area contributed by atoms with E-state index in [9.17, 15) is 4.79 Å². The van der Waals surface area contributed by atoms with E-state index in [2.05, 4.69) is 29.2 Å². The van der Waals surface area contributed by atoms with Crippen LogP contribution in [0, 0.1) is 0 Å². The zero-order valence-electron chi connectivity index (χ0n) is 11.8. The number of hydrogen-bond donors (Lipinski definition) is 0. The molecule has 2 aromatic rings. The van der Waals surface area contributed by atoms with Gasteiger partial charge in [0.1, 0.15) is 0 Å². The molecule has 2 heterocycles. The van der Waals surface area contributed by atoms with E-state index in [0.717, 1.165) is 37.2 Å². The topological polar surface area (TPSA) is 29.5 Å². The van der Waals surface area contributed by atoms with Gasteiger partial charge in [0.25, 0.3) is 0 Å². The van der Waals surface area contributed by atoms with E-state index in [1.54, 1.807) is 0 Å². The fourth-order valence-corrected chi connectivity index (χ4v) is 3.48. The van der Waals surface area contributed by atoms with Crippen molar-refractivity contribution in [2.75, 3.05) is 13.1 Å². The number of likely N-dealkylation sites (tertiary alicyclic amines) is 1. The van der Waals surface area contributed by atoms with Gasteiger partial charge in [0, 0.05) is 31.6 Å². The Hall–Kier alpha value is -2.13. The van der Waals surface area contributed by atoms with Gasteiger partial charge < -0.3 is 4.74 Å². The molecule has 21 heavy (non-hydrogen) atoms. The van der Waals surface area contributed by atoms with Gasteiger partial charge in [-0.05, 0) is 11.6 Å². The second kappa shape index (κ2) is 4.71. The average Bonchev–Trinajstić information content (AvgIpc) is 3.04. The molecular weight excluding hydrogens is 262 g/mol. The van der Waals surface area contributed by atoms with Crippen LogP contribution in [0.3, 0.4) is 0 Å². The zero-order valence-corrected chi connectivity index (χ0v) is 11.8. The van der Waals surface area contributed by atoms with E-state index in [-0.39, 0.29) is 5.97 Å². The second-order valence-corrected chi connectivity index (χ2v) is 5.88. The molecule has 1 fully saturated rings. The van der Waals surface area contributed by atoms with E-state index in [1.165, 1.54) is 5.56 Å². The molecule has 0 bridgehead atoms. The summed E-state index contributed by atoms with van der Waals surface area (Å²) in [7, 11) is 0. The summed E-state index contributed by atoms with van der Waals surface area (Å²) >= 11 is 0. The first-order valence-electron chi connectivity index (χ1n) is 7.36. The number of hydrogen-bond acceptors (Lipinski definition) is 3. The molecule has 2 aliphatic heterocycles. The van der Waals surface area contributed by atoms with Crippen LogP contribution in [0.4, 0.5) is 0 Å². The number of ether oxygens (including phenoxy) is 1. The van der Waals surface area contributed by atoms with Gasteiger partial charge in [-0.1, -0.05) is 48.5 Å². The summed E-state index contributed by atoms with van der Waals surface area (Å²) in [4.78, 5) is 14.4. The Kier molecular flexibility index (Phi) is 2.82. The largest absolute Gasteiger partial charge is 0.449 e. The minimum absolute atomic E-state index is 0.174. The third-order valence-electron chi connectivity index (χ3n) is 4.49. The summed E-state index contributed by atoms with van der Waals surface area (Å²) in [6, 6.07) is 18.2. The number of nitrogens with zero attached hydrogens (tertiary/aromatic N) is 1. The van der Waals surface area contributed by atoms with Crippen molar-refractivity contribution in [1.29, 1.82) is 0 Å². The SMILES string of the molecule is O=C1OC2(CCN(Cc3ccccc3)C2)c2ccccc21. The van der Waals surface area contributed by atoms with Crippen LogP contribution in [0.25, 0.3) is 0 Å². The minimum atomic E-state index is -0.428. The Morgan fingerprint density at radius 2 is 1.81 bits per heavy atom. The van der Waals surface area contributed by atoms with Crippen LogP contribution in [-0.4, -0.2) is 24.0 Å². The predicted octanol–water partition coefficient (Wildman–Crippen LogP) is 2.96. The van der Waals surface area contributed by atoms with Crippen molar-refractivity contribution in [3.05, 3.63) is 71.3 Å². The van der Waals surface area contributed by atoms with Gasteiger partial charge in [0.2, 0.25) is 0 Å². The van der Waals surface area contributed by atoms with Crippen LogP contribution in [-0.2, 0) is 16.9 Å². The molecule has 3 heteroatoms. The summed E-state index contributed by atoms with van der Waals surface area (Å²) in [5.41, 5.74) is 2.67. The first-order valence-corrected chi connectivity index (χ1v) is 7.36. The molecule has 0 aliphatic carbocycles. The lowest BCUT2D eigenvalue weighted by Crippen LogP contribution is -2.31. The smallest absolute Gasteiger partial charge is 0.339 e. The molecule has 106 valence electrons. The quantitative estimate of drug-likeness (QED) is 0.792. The molecule has 1 spiro atoms. The highest BCUT2D eigenvalue weighted by Crippen LogP contribution is 2.43. The first-order chi connectivity index (χ1) is 10.3. The maximum atomic E-state index is 12.1. The van der Waals surface area contributed by atoms with Crippen LogP contribution in [0.15, 0.2) is 54.6 Å². The van der Waals surface area contributed by atoms with Crippen molar-refractivity contribution >= 4 is 5.97 Å². The molecule has 4 rings (SSSR count). The average molecular weight is 279 g/mol. The minimum Gasteiger partial charge on any atom is -0.449 e. The molecule has 0 radical (unpaired) electrons. The van der Waals surface area contributed by atoms with Crippen LogP contribution >= 0.6 is 0 Å². The number of rotatable bonds is 2. The van der Waals surface area contributed by atoms with Crippen molar-refractivity contribution in [1.82, 2.24) is 4.90 Å². The second-order valence-electron chi connectivity index (χ2n) is 5.88. The molecule has 2 aliphatic rings. The Morgan fingerprint density at radius 3 is 2.67 bits per heavy atom. The molecule has 3 nitrogen and oxygen atoms in total. The van der Waals surface area contributed by atoms with Gasteiger partial charge in [-0.2, -0.15) is 0 Å². The zero-order chi connectivity index (χ0) is 14.3. The van der Waals surface area contributed by atoms with Crippen molar-refractivity contribution in [3.63, 3.8) is 0 Å². The van der Waals surface area contributed by atoms with Crippen molar-refractivity contribution in [2.45, 2.75) is 18.6 Å². The number of benzene rings is 2.